The molecular formula is C19H25N3O3S. The van der Waals surface area contributed by atoms with Gasteiger partial charge in [-0.25, -0.2) is 8.42 Å². The Bertz CT molecular complexity index is 836. The van der Waals surface area contributed by atoms with Crippen molar-refractivity contribution in [3.05, 3.63) is 53.9 Å². The van der Waals surface area contributed by atoms with E-state index in [1.807, 2.05) is 25.1 Å². The van der Waals surface area contributed by atoms with E-state index in [9.17, 15) is 13.2 Å². The van der Waals surface area contributed by atoms with Crippen molar-refractivity contribution in [3.8, 4) is 0 Å². The molecule has 0 bridgehead atoms. The molecule has 2 rings (SSSR count). The zero-order chi connectivity index (χ0) is 19.0. The Balaban J connectivity index is 1.94. The van der Waals surface area contributed by atoms with Crippen LogP contribution in [0.3, 0.4) is 0 Å². The second-order valence-corrected chi connectivity index (χ2v) is 7.96. The fourth-order valence-corrected chi connectivity index (χ4v) is 3.75. The second-order valence-electron chi connectivity index (χ2n) is 6.12. The molecule has 0 saturated carbocycles. The largest absolute Gasteiger partial charge is 0.326 e. The van der Waals surface area contributed by atoms with E-state index in [1.165, 1.54) is 0 Å². The predicted molar refractivity (Wildman–Crippen MR) is 105 cm³/mol. The van der Waals surface area contributed by atoms with Crippen molar-refractivity contribution in [3.63, 3.8) is 0 Å². The molecule has 26 heavy (non-hydrogen) atoms. The van der Waals surface area contributed by atoms with E-state index in [-0.39, 0.29) is 11.7 Å². The van der Waals surface area contributed by atoms with Crippen LogP contribution in [0.1, 0.15) is 37.4 Å². The third-order valence-electron chi connectivity index (χ3n) is 3.91. The van der Waals surface area contributed by atoms with E-state index < -0.39 is 10.0 Å². The van der Waals surface area contributed by atoms with Crippen LogP contribution in [0.25, 0.3) is 0 Å². The summed E-state index contributed by atoms with van der Waals surface area (Å²) in [6, 6.07) is 10.9. The molecule has 0 saturated heterocycles. The van der Waals surface area contributed by atoms with Gasteiger partial charge in [-0.3, -0.25) is 14.5 Å². The lowest BCUT2D eigenvalue weighted by Gasteiger charge is -2.14. The van der Waals surface area contributed by atoms with Crippen molar-refractivity contribution >= 4 is 27.3 Å². The first-order chi connectivity index (χ1) is 12.4. The lowest BCUT2D eigenvalue weighted by Crippen LogP contribution is -2.18. The van der Waals surface area contributed by atoms with Gasteiger partial charge in [-0.2, -0.15) is 0 Å². The van der Waals surface area contributed by atoms with Crippen molar-refractivity contribution in [2.24, 2.45) is 0 Å². The Morgan fingerprint density at radius 1 is 1.12 bits per heavy atom. The van der Waals surface area contributed by atoms with Crippen LogP contribution in [0.4, 0.5) is 11.4 Å². The number of anilines is 2. The molecular weight excluding hydrogens is 350 g/mol. The molecule has 7 heteroatoms. The van der Waals surface area contributed by atoms with Gasteiger partial charge >= 0.3 is 0 Å². The summed E-state index contributed by atoms with van der Waals surface area (Å²) >= 11 is 0. The zero-order valence-corrected chi connectivity index (χ0v) is 16.0. The Hall–Kier alpha value is -2.41. The molecule has 6 nitrogen and oxygen atoms in total. The summed E-state index contributed by atoms with van der Waals surface area (Å²) < 4.78 is 26.5. The molecule has 0 radical (unpaired) electrons. The first-order valence-corrected chi connectivity index (χ1v) is 10.4. The molecule has 1 heterocycles. The quantitative estimate of drug-likeness (QED) is 0.702. The maximum absolute atomic E-state index is 12.2. The summed E-state index contributed by atoms with van der Waals surface area (Å²) in [4.78, 5) is 16.4. The fourth-order valence-electron chi connectivity index (χ4n) is 2.56. The van der Waals surface area contributed by atoms with Gasteiger partial charge in [-0.15, -0.1) is 0 Å². The van der Waals surface area contributed by atoms with Gasteiger partial charge in [0, 0.05) is 24.0 Å². The Morgan fingerprint density at radius 2 is 1.88 bits per heavy atom. The fraction of sp³-hybridized carbons (Fsp3) is 0.368. The van der Waals surface area contributed by atoms with E-state index in [0.29, 0.717) is 36.2 Å². The molecule has 1 aromatic heterocycles. The summed E-state index contributed by atoms with van der Waals surface area (Å²) in [6.07, 6.45) is 4.10. The van der Waals surface area contributed by atoms with Crippen LogP contribution in [0.2, 0.25) is 0 Å². The van der Waals surface area contributed by atoms with Crippen molar-refractivity contribution < 1.29 is 13.2 Å². The number of hydrogen-bond acceptors (Lipinski definition) is 4. The highest BCUT2D eigenvalue weighted by atomic mass is 32.2. The van der Waals surface area contributed by atoms with Crippen LogP contribution in [-0.2, 0) is 21.2 Å². The minimum absolute atomic E-state index is 0.0660. The van der Waals surface area contributed by atoms with Crippen LogP contribution in [0.15, 0.2) is 42.6 Å². The van der Waals surface area contributed by atoms with Gasteiger partial charge in [0.15, 0.2) is 0 Å². The number of carbonyl (C=O) groups is 1. The number of hydrogen-bond donors (Lipinski definition) is 2. The highest BCUT2D eigenvalue weighted by Gasteiger charge is 2.13. The Labute approximate surface area is 155 Å². The first kappa shape index (κ1) is 19.9. The highest BCUT2D eigenvalue weighted by molar-refractivity contribution is 7.92. The van der Waals surface area contributed by atoms with Gasteiger partial charge in [-0.1, -0.05) is 19.1 Å². The van der Waals surface area contributed by atoms with E-state index in [1.54, 1.807) is 31.3 Å². The van der Waals surface area contributed by atoms with Crippen LogP contribution in [-0.4, -0.2) is 25.1 Å². The molecule has 0 aliphatic heterocycles. The number of rotatable bonds is 9. The molecule has 140 valence electrons. The number of aromatic nitrogens is 1. The molecule has 0 fully saturated rings. The van der Waals surface area contributed by atoms with E-state index in [2.05, 4.69) is 15.0 Å². The van der Waals surface area contributed by atoms with Crippen molar-refractivity contribution in [2.45, 2.75) is 39.5 Å². The van der Waals surface area contributed by atoms with Gasteiger partial charge in [0.05, 0.1) is 11.4 Å². The number of aryl methyl sites for hydroxylation is 1. The standard InChI is InChI=1S/C19H25N3O3S/c1-3-14-26(24,25)22-18-11-7-10-17(15(18)2)21-19(23)12-6-9-16-8-4-5-13-20-16/h4-5,7-8,10-11,13,22H,3,6,9,12,14H2,1-2H3,(H,21,23). The van der Waals surface area contributed by atoms with Gasteiger partial charge in [0.1, 0.15) is 0 Å². The normalized spacial score (nSPS) is 11.2. The van der Waals surface area contributed by atoms with Gasteiger partial charge in [0.25, 0.3) is 0 Å². The molecule has 0 atom stereocenters. The summed E-state index contributed by atoms with van der Waals surface area (Å²) in [6.45, 7) is 3.60. The molecule has 0 spiro atoms. The smallest absolute Gasteiger partial charge is 0.232 e. The summed E-state index contributed by atoms with van der Waals surface area (Å²) in [5.74, 6) is -0.0334. The molecule has 2 N–H and O–H groups in total. The number of nitrogens with one attached hydrogen (secondary N) is 2. The number of nitrogens with zero attached hydrogens (tertiary/aromatic N) is 1. The minimum atomic E-state index is -3.37. The van der Waals surface area contributed by atoms with E-state index >= 15 is 0 Å². The van der Waals surface area contributed by atoms with E-state index in [4.69, 9.17) is 0 Å². The van der Waals surface area contributed by atoms with Crippen LogP contribution in [0.5, 0.6) is 0 Å². The number of benzene rings is 1. The number of carbonyl (C=O) groups excluding carboxylic acids is 1. The van der Waals surface area contributed by atoms with E-state index in [0.717, 1.165) is 12.1 Å². The van der Waals surface area contributed by atoms with Crippen molar-refractivity contribution in [2.75, 3.05) is 15.8 Å². The molecule has 0 unspecified atom stereocenters. The monoisotopic (exact) mass is 375 g/mol. The lowest BCUT2D eigenvalue weighted by atomic mass is 10.1. The Kier molecular flexibility index (Phi) is 7.15. The minimum Gasteiger partial charge on any atom is -0.326 e. The molecule has 0 aliphatic rings. The summed E-state index contributed by atoms with van der Waals surface area (Å²) in [5.41, 5.74) is 2.77. The number of pyridine rings is 1. The number of amides is 1. The zero-order valence-electron chi connectivity index (χ0n) is 15.2. The average molecular weight is 375 g/mol. The topological polar surface area (TPSA) is 88.2 Å². The number of sulfonamides is 1. The molecule has 1 aromatic carbocycles. The summed E-state index contributed by atoms with van der Waals surface area (Å²) in [5, 5.41) is 2.86. The van der Waals surface area contributed by atoms with Crippen molar-refractivity contribution in [1.82, 2.24) is 4.98 Å². The lowest BCUT2D eigenvalue weighted by molar-refractivity contribution is -0.116. The molecule has 2 aromatic rings. The third-order valence-corrected chi connectivity index (χ3v) is 5.39. The Morgan fingerprint density at radius 3 is 2.58 bits per heavy atom. The SMILES string of the molecule is CCCS(=O)(=O)Nc1cccc(NC(=O)CCCc2ccccn2)c1C. The second kappa shape index (κ2) is 9.33. The van der Waals surface area contributed by atoms with Crippen LogP contribution < -0.4 is 10.0 Å². The third kappa shape index (κ3) is 6.15. The molecule has 0 aliphatic carbocycles. The maximum Gasteiger partial charge on any atom is 0.232 e. The maximum atomic E-state index is 12.2. The van der Waals surface area contributed by atoms with Crippen molar-refractivity contribution in [1.29, 1.82) is 0 Å². The first-order valence-electron chi connectivity index (χ1n) is 8.71. The van der Waals surface area contributed by atoms with Gasteiger partial charge < -0.3 is 5.32 Å². The highest BCUT2D eigenvalue weighted by Crippen LogP contribution is 2.24. The van der Waals surface area contributed by atoms with Crippen LogP contribution in [0, 0.1) is 6.92 Å². The molecule has 1 amide bonds. The summed E-state index contributed by atoms with van der Waals surface area (Å²) in [7, 11) is -3.37. The van der Waals surface area contributed by atoms with Gasteiger partial charge in [-0.05, 0) is 56.0 Å². The van der Waals surface area contributed by atoms with Crippen LogP contribution >= 0.6 is 0 Å². The predicted octanol–water partition coefficient (Wildman–Crippen LogP) is 3.50. The average Bonchev–Trinajstić information content (AvgIpc) is 2.59. The van der Waals surface area contributed by atoms with Gasteiger partial charge in [0.2, 0.25) is 15.9 Å².